The molecule has 1 N–H and O–H groups in total. The van der Waals surface area contributed by atoms with E-state index in [1.54, 1.807) is 13.8 Å². The van der Waals surface area contributed by atoms with Gasteiger partial charge in [0.1, 0.15) is 7.85 Å². The van der Waals surface area contributed by atoms with Gasteiger partial charge in [-0.25, -0.2) is 0 Å². The van der Waals surface area contributed by atoms with Gasteiger partial charge in [0.15, 0.2) is 0 Å². The molecular formula is C4H8BNO. The van der Waals surface area contributed by atoms with E-state index in [0.29, 0.717) is 6.41 Å². The van der Waals surface area contributed by atoms with Gasteiger partial charge >= 0.3 is 0 Å². The van der Waals surface area contributed by atoms with Crippen molar-refractivity contribution in [3.05, 3.63) is 0 Å². The van der Waals surface area contributed by atoms with Crippen molar-refractivity contribution in [2.75, 3.05) is 0 Å². The molecule has 2 nitrogen and oxygen atoms in total. The van der Waals surface area contributed by atoms with Crippen molar-refractivity contribution in [2.24, 2.45) is 0 Å². The van der Waals surface area contributed by atoms with Gasteiger partial charge in [0.05, 0.1) is 0 Å². The number of carbonyl (C=O) groups is 1. The van der Waals surface area contributed by atoms with Crippen LogP contribution in [-0.2, 0) is 4.79 Å². The lowest BCUT2D eigenvalue weighted by Gasteiger charge is -2.16. The molecule has 0 bridgehead atoms. The van der Waals surface area contributed by atoms with Gasteiger partial charge in [-0.1, -0.05) is 13.8 Å². The van der Waals surface area contributed by atoms with E-state index < -0.39 is 5.44 Å². The van der Waals surface area contributed by atoms with Gasteiger partial charge < -0.3 is 5.32 Å². The van der Waals surface area contributed by atoms with Gasteiger partial charge in [-0.2, -0.15) is 0 Å². The average molecular weight is 96.9 g/mol. The van der Waals surface area contributed by atoms with Crippen LogP contribution in [0.25, 0.3) is 0 Å². The summed E-state index contributed by atoms with van der Waals surface area (Å²) in [7, 11) is 5.30. The number of rotatable bonds is 2. The van der Waals surface area contributed by atoms with E-state index in [0.717, 1.165) is 0 Å². The summed E-state index contributed by atoms with van der Waals surface area (Å²) >= 11 is 0. The van der Waals surface area contributed by atoms with Gasteiger partial charge in [-0.05, 0) is 5.44 Å². The van der Waals surface area contributed by atoms with Crippen LogP contribution in [0.1, 0.15) is 13.8 Å². The topological polar surface area (TPSA) is 29.1 Å². The lowest BCUT2D eigenvalue weighted by molar-refractivity contribution is -0.110. The molecule has 0 aromatic rings. The summed E-state index contributed by atoms with van der Waals surface area (Å²) in [6.07, 6.45) is 0.583. The number of hydrogen-bond acceptors (Lipinski definition) is 1. The number of amides is 1. The molecule has 38 valence electrons. The molecule has 7 heavy (non-hydrogen) atoms. The summed E-state index contributed by atoms with van der Waals surface area (Å²) in [5.41, 5.74) is -0.568. The van der Waals surface area contributed by atoms with Gasteiger partial charge in [0, 0.05) is 0 Å². The highest BCUT2D eigenvalue weighted by Crippen LogP contribution is 1.88. The highest BCUT2D eigenvalue weighted by molar-refractivity contribution is 6.15. The predicted octanol–water partition coefficient (Wildman–Crippen LogP) is -0.363. The normalized spacial score (nSPS) is 10.6. The van der Waals surface area contributed by atoms with E-state index in [9.17, 15) is 4.79 Å². The van der Waals surface area contributed by atoms with Gasteiger partial charge in [-0.3, -0.25) is 4.79 Å². The Balaban J connectivity index is 3.34. The molecule has 0 spiro atoms. The van der Waals surface area contributed by atoms with E-state index in [-0.39, 0.29) is 0 Å². The fraction of sp³-hybridized carbons (Fsp3) is 0.750. The Bertz CT molecular complexity index is 66.6. The third kappa shape index (κ3) is 5.53. The SMILES string of the molecule is [B]C(C)(C)NC=O. The first kappa shape index (κ1) is 6.53. The molecule has 0 heterocycles. The zero-order valence-electron chi connectivity index (χ0n) is 4.56. The molecule has 3 heteroatoms. The zero-order chi connectivity index (χ0) is 5.91. The first-order valence-corrected chi connectivity index (χ1v) is 2.06. The second-order valence-electron chi connectivity index (χ2n) is 1.98. The minimum absolute atomic E-state index is 0.568. The van der Waals surface area contributed by atoms with Crippen molar-refractivity contribution in [2.45, 2.75) is 19.3 Å². The molecule has 0 saturated carbocycles. The first-order valence-electron chi connectivity index (χ1n) is 2.06. The first-order chi connectivity index (χ1) is 3.06. The van der Waals surface area contributed by atoms with Crippen LogP contribution in [0.2, 0.25) is 0 Å². The predicted molar refractivity (Wildman–Crippen MR) is 29.0 cm³/mol. The molecule has 0 aromatic carbocycles. The van der Waals surface area contributed by atoms with Crippen LogP contribution in [0, 0.1) is 0 Å². The second-order valence-corrected chi connectivity index (χ2v) is 1.98. The second kappa shape index (κ2) is 2.00. The molecular weight excluding hydrogens is 88.9 g/mol. The number of nitrogens with one attached hydrogen (secondary N) is 1. The molecule has 0 fully saturated rings. The summed E-state index contributed by atoms with van der Waals surface area (Å²) in [6, 6.07) is 0. The van der Waals surface area contributed by atoms with Crippen LogP contribution in [0.15, 0.2) is 0 Å². The lowest BCUT2D eigenvalue weighted by Crippen LogP contribution is -2.38. The van der Waals surface area contributed by atoms with Crippen LogP contribution in [0.5, 0.6) is 0 Å². The van der Waals surface area contributed by atoms with Crippen molar-refractivity contribution in [3.63, 3.8) is 0 Å². The Kier molecular flexibility index (Phi) is 1.87. The van der Waals surface area contributed by atoms with Crippen molar-refractivity contribution in [3.8, 4) is 0 Å². The van der Waals surface area contributed by atoms with E-state index >= 15 is 0 Å². The number of hydrogen-bond donors (Lipinski definition) is 1. The van der Waals surface area contributed by atoms with Crippen molar-refractivity contribution in [1.29, 1.82) is 0 Å². The Morgan fingerprint density at radius 1 is 1.71 bits per heavy atom. The molecule has 0 aromatic heterocycles. The maximum Gasteiger partial charge on any atom is 0.206 e. The van der Waals surface area contributed by atoms with Crippen LogP contribution in [-0.4, -0.2) is 19.7 Å². The molecule has 2 radical (unpaired) electrons. The van der Waals surface area contributed by atoms with E-state index in [1.807, 2.05) is 0 Å². The quantitative estimate of drug-likeness (QED) is 0.370. The largest absolute Gasteiger partial charge is 0.362 e. The Morgan fingerprint density at radius 2 is 2.14 bits per heavy atom. The summed E-state index contributed by atoms with van der Waals surface area (Å²) in [5, 5.41) is 2.38. The average Bonchev–Trinajstić information content (AvgIpc) is 1.30. The zero-order valence-corrected chi connectivity index (χ0v) is 4.56. The standard InChI is InChI=1S/C4H8BNO/c1-4(2,5)6-3-7/h3H,1-2H3,(H,6,7). The molecule has 0 atom stereocenters. The van der Waals surface area contributed by atoms with Gasteiger partial charge in [0.2, 0.25) is 6.41 Å². The fourth-order valence-electron chi connectivity index (χ4n) is 0.152. The van der Waals surface area contributed by atoms with Crippen LogP contribution >= 0.6 is 0 Å². The summed E-state index contributed by atoms with van der Waals surface area (Å²) in [6.45, 7) is 3.42. The number of carbonyl (C=O) groups excluding carboxylic acids is 1. The van der Waals surface area contributed by atoms with Gasteiger partial charge in [0.25, 0.3) is 0 Å². The highest BCUT2D eigenvalue weighted by atomic mass is 16.1. The van der Waals surface area contributed by atoms with Crippen LogP contribution in [0.3, 0.4) is 0 Å². The minimum Gasteiger partial charge on any atom is -0.362 e. The van der Waals surface area contributed by atoms with Crippen LogP contribution in [0.4, 0.5) is 0 Å². The van der Waals surface area contributed by atoms with Crippen molar-refractivity contribution in [1.82, 2.24) is 5.32 Å². The minimum atomic E-state index is -0.568. The third-order valence-electron chi connectivity index (χ3n) is 0.431. The van der Waals surface area contributed by atoms with Gasteiger partial charge in [-0.15, -0.1) is 0 Å². The molecule has 0 rings (SSSR count). The molecule has 0 aliphatic rings. The molecule has 1 amide bonds. The Hall–Kier alpha value is -0.465. The Labute approximate surface area is 44.7 Å². The van der Waals surface area contributed by atoms with Crippen molar-refractivity contribution >= 4 is 14.3 Å². The molecule has 0 aliphatic heterocycles. The third-order valence-corrected chi connectivity index (χ3v) is 0.431. The highest BCUT2D eigenvalue weighted by Gasteiger charge is 2.04. The van der Waals surface area contributed by atoms with E-state index in [4.69, 9.17) is 7.85 Å². The van der Waals surface area contributed by atoms with E-state index in [1.165, 1.54) is 0 Å². The summed E-state index contributed by atoms with van der Waals surface area (Å²) < 4.78 is 0. The molecule has 0 unspecified atom stereocenters. The maximum atomic E-state index is 9.63. The Morgan fingerprint density at radius 3 is 2.14 bits per heavy atom. The summed E-state index contributed by atoms with van der Waals surface area (Å²) in [4.78, 5) is 9.63. The molecule has 0 saturated heterocycles. The fourth-order valence-corrected chi connectivity index (χ4v) is 0.152. The van der Waals surface area contributed by atoms with E-state index in [2.05, 4.69) is 5.32 Å². The van der Waals surface area contributed by atoms with Crippen molar-refractivity contribution < 1.29 is 4.79 Å². The molecule has 0 aliphatic carbocycles. The lowest BCUT2D eigenvalue weighted by atomic mass is 9.82. The summed E-state index contributed by atoms with van der Waals surface area (Å²) in [5.74, 6) is 0. The smallest absolute Gasteiger partial charge is 0.206 e. The monoisotopic (exact) mass is 97.1 g/mol. The van der Waals surface area contributed by atoms with Crippen LogP contribution < -0.4 is 5.32 Å². The maximum absolute atomic E-state index is 9.63.